The molecule has 6 rings (SSSR count). The highest BCUT2D eigenvalue weighted by atomic mass is 35.5. The fraction of sp³-hybridized carbons (Fsp3) is 0.310. The first-order valence-corrected chi connectivity index (χ1v) is 13.5. The van der Waals surface area contributed by atoms with Crippen LogP contribution in [0.4, 0.5) is 0 Å². The Hall–Kier alpha value is -3.42. The van der Waals surface area contributed by atoms with Gasteiger partial charge in [-0.3, -0.25) is 4.79 Å². The molecular weight excluding hydrogens is 523 g/mol. The smallest absolute Gasteiger partial charge is 0.204 e. The Labute approximate surface area is 230 Å². The maximum atomic E-state index is 13.4. The lowest BCUT2D eigenvalue weighted by Crippen LogP contribution is -2.32. The Morgan fingerprint density at radius 1 is 1.03 bits per heavy atom. The van der Waals surface area contributed by atoms with Crippen LogP contribution >= 0.6 is 23.2 Å². The summed E-state index contributed by atoms with van der Waals surface area (Å²) in [6, 6.07) is 17.0. The van der Waals surface area contributed by atoms with Crippen LogP contribution in [0.5, 0.6) is 17.2 Å². The normalized spacial score (nSPS) is 19.1. The Kier molecular flexibility index (Phi) is 6.58. The Morgan fingerprint density at radius 3 is 2.55 bits per heavy atom. The molecule has 0 radical (unpaired) electrons. The lowest BCUT2D eigenvalue weighted by atomic mass is 9.73. The van der Waals surface area contributed by atoms with E-state index in [0.717, 1.165) is 29.5 Å². The van der Waals surface area contributed by atoms with Gasteiger partial charge in [0.1, 0.15) is 28.9 Å². The molecule has 1 heterocycles. The van der Waals surface area contributed by atoms with E-state index in [4.69, 9.17) is 32.7 Å². The molecule has 0 spiro atoms. The van der Waals surface area contributed by atoms with Crippen LogP contribution in [0.2, 0.25) is 10.0 Å². The highest BCUT2D eigenvalue weighted by Gasteiger charge is 2.49. The first-order chi connectivity index (χ1) is 18.4. The maximum Gasteiger partial charge on any atom is 0.204 e. The van der Waals surface area contributed by atoms with Crippen molar-refractivity contribution in [2.75, 3.05) is 0 Å². The fourth-order valence-corrected chi connectivity index (χ4v) is 6.25. The van der Waals surface area contributed by atoms with Gasteiger partial charge in [-0.05, 0) is 84.0 Å². The second-order valence-corrected chi connectivity index (χ2v) is 11.0. The molecule has 4 aromatic rings. The number of hydrogen-bond donors (Lipinski definition) is 1. The van der Waals surface area contributed by atoms with E-state index in [2.05, 4.69) is 27.5 Å². The van der Waals surface area contributed by atoms with Crippen molar-refractivity contribution < 1.29 is 14.3 Å². The van der Waals surface area contributed by atoms with E-state index in [9.17, 15) is 4.79 Å². The zero-order valence-electron chi connectivity index (χ0n) is 20.8. The molecule has 2 aliphatic carbocycles. The van der Waals surface area contributed by atoms with Gasteiger partial charge in [0.15, 0.2) is 5.78 Å². The van der Waals surface area contributed by atoms with Gasteiger partial charge in [0.2, 0.25) is 5.82 Å². The number of nitrogens with one attached hydrogen (secondary N) is 1. The number of aromatic amines is 1. The van der Waals surface area contributed by atoms with Crippen LogP contribution < -0.4 is 9.47 Å². The number of aromatic nitrogens is 4. The zero-order valence-corrected chi connectivity index (χ0v) is 22.4. The fourth-order valence-electron chi connectivity index (χ4n) is 5.75. The van der Waals surface area contributed by atoms with Gasteiger partial charge in [-0.1, -0.05) is 55.1 Å². The van der Waals surface area contributed by atoms with Gasteiger partial charge in [-0.15, -0.1) is 10.2 Å². The van der Waals surface area contributed by atoms with Gasteiger partial charge in [0.25, 0.3) is 0 Å². The number of halogens is 2. The van der Waals surface area contributed by atoms with Crippen molar-refractivity contribution in [3.05, 3.63) is 81.3 Å². The second kappa shape index (κ2) is 10.0. The van der Waals surface area contributed by atoms with Gasteiger partial charge in [0, 0.05) is 16.5 Å². The number of H-pyrrole nitrogens is 1. The largest absolute Gasteiger partial charge is 0.487 e. The molecule has 1 fully saturated rings. The molecule has 194 valence electrons. The maximum absolute atomic E-state index is 13.4. The van der Waals surface area contributed by atoms with E-state index >= 15 is 0 Å². The Morgan fingerprint density at radius 2 is 1.82 bits per heavy atom. The monoisotopic (exact) mass is 548 g/mol. The summed E-state index contributed by atoms with van der Waals surface area (Å²) in [6.45, 7) is 2.36. The summed E-state index contributed by atoms with van der Waals surface area (Å²) in [6.07, 6.45) is 5.22. The Balaban J connectivity index is 1.16. The summed E-state index contributed by atoms with van der Waals surface area (Å²) in [4.78, 5) is 13.4. The van der Waals surface area contributed by atoms with Crippen molar-refractivity contribution in [1.82, 2.24) is 20.6 Å². The van der Waals surface area contributed by atoms with E-state index in [1.807, 2.05) is 54.6 Å². The quantitative estimate of drug-likeness (QED) is 0.257. The number of fused-ring (bicyclic) bond motifs is 1. The third-order valence-corrected chi connectivity index (χ3v) is 8.65. The molecule has 0 aliphatic heterocycles. The summed E-state index contributed by atoms with van der Waals surface area (Å²) in [5, 5.41) is 14.6. The SMILES string of the molecule is CC1(C2CCCC2)Cc2cc(OCc3cccc(Oc4ccc(-c5nn[nH]n5)cc4)c3)c(Cl)c(Cl)c2C1=O. The highest BCUT2D eigenvalue weighted by molar-refractivity contribution is 6.45. The summed E-state index contributed by atoms with van der Waals surface area (Å²) in [7, 11) is 0. The van der Waals surface area contributed by atoms with Crippen molar-refractivity contribution in [2.45, 2.75) is 45.6 Å². The van der Waals surface area contributed by atoms with Crippen LogP contribution in [0.1, 0.15) is 54.1 Å². The summed E-state index contributed by atoms with van der Waals surface area (Å²) < 4.78 is 12.1. The molecule has 9 heteroatoms. The molecule has 38 heavy (non-hydrogen) atoms. The van der Waals surface area contributed by atoms with E-state index in [-0.39, 0.29) is 17.4 Å². The van der Waals surface area contributed by atoms with Gasteiger partial charge in [-0.2, -0.15) is 5.21 Å². The number of carbonyl (C=O) groups excluding carboxylic acids is 1. The molecule has 7 nitrogen and oxygen atoms in total. The molecule has 0 bridgehead atoms. The number of tetrazole rings is 1. The number of Topliss-reactive ketones (excluding diaryl/α,β-unsaturated/α-hetero) is 1. The predicted octanol–water partition coefficient (Wildman–Crippen LogP) is 7.48. The number of benzene rings is 3. The first kappa shape index (κ1) is 24.9. The zero-order chi connectivity index (χ0) is 26.3. The number of rotatable bonds is 7. The minimum atomic E-state index is -0.417. The number of ether oxygens (including phenoxy) is 2. The molecule has 1 saturated carbocycles. The van der Waals surface area contributed by atoms with Crippen molar-refractivity contribution in [3.8, 4) is 28.6 Å². The number of carbonyl (C=O) groups is 1. The lowest BCUT2D eigenvalue weighted by Gasteiger charge is -2.29. The standard InChI is InChI=1S/C29H26Cl2N4O3/c1-29(20-6-2-3-7-20)15-19-14-23(25(30)26(31)24(19)27(29)36)37-16-17-5-4-8-22(13-17)38-21-11-9-18(10-12-21)28-32-34-35-33-28/h4-5,8-14,20H,2-3,6-7,15-16H2,1H3,(H,32,33,34,35). The highest BCUT2D eigenvalue weighted by Crippen LogP contribution is 2.52. The topological polar surface area (TPSA) is 90.0 Å². The van der Waals surface area contributed by atoms with Crippen molar-refractivity contribution in [1.29, 1.82) is 0 Å². The van der Waals surface area contributed by atoms with E-state index < -0.39 is 5.41 Å². The molecular formula is C29H26Cl2N4O3. The number of nitrogens with zero attached hydrogens (tertiary/aromatic N) is 3. The van der Waals surface area contributed by atoms with E-state index in [0.29, 0.717) is 46.0 Å². The molecule has 1 aromatic heterocycles. The average Bonchev–Trinajstić information content (AvgIpc) is 3.69. The van der Waals surface area contributed by atoms with Crippen LogP contribution in [-0.2, 0) is 13.0 Å². The van der Waals surface area contributed by atoms with Crippen LogP contribution in [0, 0.1) is 11.3 Å². The predicted molar refractivity (Wildman–Crippen MR) is 145 cm³/mol. The molecule has 2 aliphatic rings. The lowest BCUT2D eigenvalue weighted by molar-refractivity contribution is 0.0744. The van der Waals surface area contributed by atoms with Gasteiger partial charge >= 0.3 is 0 Å². The third-order valence-electron chi connectivity index (χ3n) is 7.80. The minimum absolute atomic E-state index is 0.119. The summed E-state index contributed by atoms with van der Waals surface area (Å²) in [5.41, 5.74) is 2.82. The van der Waals surface area contributed by atoms with Crippen LogP contribution in [0.3, 0.4) is 0 Å². The number of ketones is 1. The number of hydrogen-bond acceptors (Lipinski definition) is 6. The van der Waals surface area contributed by atoms with Crippen LogP contribution in [0.15, 0.2) is 54.6 Å². The molecule has 1 N–H and O–H groups in total. The molecule has 0 amide bonds. The van der Waals surface area contributed by atoms with Gasteiger partial charge in [-0.25, -0.2) is 0 Å². The van der Waals surface area contributed by atoms with Crippen molar-refractivity contribution in [2.24, 2.45) is 11.3 Å². The van der Waals surface area contributed by atoms with Gasteiger partial charge in [0.05, 0.1) is 5.02 Å². The average molecular weight is 549 g/mol. The van der Waals surface area contributed by atoms with E-state index in [1.165, 1.54) is 12.8 Å². The third kappa shape index (κ3) is 4.54. The van der Waals surface area contributed by atoms with Crippen LogP contribution in [0.25, 0.3) is 11.4 Å². The van der Waals surface area contributed by atoms with Crippen molar-refractivity contribution >= 4 is 29.0 Å². The molecule has 3 aromatic carbocycles. The van der Waals surface area contributed by atoms with Crippen molar-refractivity contribution in [3.63, 3.8) is 0 Å². The first-order valence-electron chi connectivity index (χ1n) is 12.7. The summed E-state index contributed by atoms with van der Waals surface area (Å²) >= 11 is 13.2. The van der Waals surface area contributed by atoms with E-state index in [1.54, 1.807) is 0 Å². The summed E-state index contributed by atoms with van der Waals surface area (Å²) in [5.74, 6) is 2.87. The minimum Gasteiger partial charge on any atom is -0.487 e. The van der Waals surface area contributed by atoms with Crippen LogP contribution in [-0.4, -0.2) is 26.4 Å². The van der Waals surface area contributed by atoms with Gasteiger partial charge < -0.3 is 9.47 Å². The molecule has 1 atom stereocenters. The second-order valence-electron chi connectivity index (χ2n) is 10.2. The Bertz CT molecular complexity index is 1480. The molecule has 0 saturated heterocycles. The molecule has 1 unspecified atom stereocenters.